The van der Waals surface area contributed by atoms with Gasteiger partial charge < -0.3 is 19.9 Å². The molecule has 1 saturated heterocycles. The molecule has 0 aromatic rings. The summed E-state index contributed by atoms with van der Waals surface area (Å²) in [6, 6.07) is 0. The Hall–Kier alpha value is -1.14. The Labute approximate surface area is 115 Å². The zero-order valence-electron chi connectivity index (χ0n) is 12.4. The molecule has 0 aromatic heterocycles. The van der Waals surface area contributed by atoms with Gasteiger partial charge in [-0.3, -0.25) is 9.59 Å². The lowest BCUT2D eigenvalue weighted by molar-refractivity contribution is -0.148. The largest absolute Gasteiger partial charge is 0.363 e. The summed E-state index contributed by atoms with van der Waals surface area (Å²) >= 11 is 0. The van der Waals surface area contributed by atoms with Crippen molar-refractivity contribution < 1.29 is 14.3 Å². The molecule has 2 amide bonds. The van der Waals surface area contributed by atoms with Crippen molar-refractivity contribution in [2.24, 2.45) is 0 Å². The van der Waals surface area contributed by atoms with E-state index in [0.29, 0.717) is 13.1 Å². The highest BCUT2D eigenvalue weighted by Crippen LogP contribution is 2.14. The number of ether oxygens (including phenoxy) is 1. The van der Waals surface area contributed by atoms with Gasteiger partial charge in [-0.25, -0.2) is 0 Å². The number of carbonyl (C=O) groups is 2. The molecule has 1 N–H and O–H groups in total. The quantitative estimate of drug-likeness (QED) is 0.690. The lowest BCUT2D eigenvalue weighted by atomic mass is 10.0. The van der Waals surface area contributed by atoms with Crippen molar-refractivity contribution in [2.45, 2.75) is 26.4 Å². The second-order valence-corrected chi connectivity index (χ2v) is 5.16. The Bertz CT molecular complexity index is 325. The van der Waals surface area contributed by atoms with E-state index in [1.54, 1.807) is 11.9 Å². The Morgan fingerprint density at radius 1 is 1.21 bits per heavy atom. The SMILES string of the molecule is CCN(CC)C(=O)CN(C)C(=O)COC1(C)CNC1. The third kappa shape index (κ3) is 4.47. The minimum absolute atomic E-state index is 0.0280. The van der Waals surface area contributed by atoms with Crippen LogP contribution in [0.2, 0.25) is 0 Å². The molecule has 19 heavy (non-hydrogen) atoms. The molecule has 0 radical (unpaired) electrons. The van der Waals surface area contributed by atoms with Crippen molar-refractivity contribution >= 4 is 11.8 Å². The topological polar surface area (TPSA) is 61.9 Å². The lowest BCUT2D eigenvalue weighted by Gasteiger charge is -2.39. The number of nitrogens with one attached hydrogen (secondary N) is 1. The van der Waals surface area contributed by atoms with Crippen molar-refractivity contribution in [1.82, 2.24) is 15.1 Å². The summed E-state index contributed by atoms with van der Waals surface area (Å²) in [5.74, 6) is -0.189. The van der Waals surface area contributed by atoms with Crippen LogP contribution in [0.3, 0.4) is 0 Å². The van der Waals surface area contributed by atoms with Gasteiger partial charge in [0.1, 0.15) is 6.61 Å². The molecule has 6 nitrogen and oxygen atoms in total. The second-order valence-electron chi connectivity index (χ2n) is 5.16. The minimum atomic E-state index is -0.237. The molecular weight excluding hydrogens is 246 g/mol. The first-order valence-electron chi connectivity index (χ1n) is 6.78. The monoisotopic (exact) mass is 271 g/mol. The van der Waals surface area contributed by atoms with Gasteiger partial charge in [-0.05, 0) is 20.8 Å². The van der Waals surface area contributed by atoms with Crippen LogP contribution < -0.4 is 5.32 Å². The predicted octanol–water partition coefficient (Wildman–Crippen LogP) is -0.308. The highest BCUT2D eigenvalue weighted by atomic mass is 16.5. The highest BCUT2D eigenvalue weighted by Gasteiger charge is 2.33. The van der Waals surface area contributed by atoms with Gasteiger partial charge in [0.05, 0.1) is 12.1 Å². The van der Waals surface area contributed by atoms with Gasteiger partial charge in [0.2, 0.25) is 11.8 Å². The first kappa shape index (κ1) is 15.9. The summed E-state index contributed by atoms with van der Waals surface area (Å²) in [4.78, 5) is 26.9. The molecule has 1 rings (SSSR count). The fourth-order valence-corrected chi connectivity index (χ4v) is 1.89. The molecule has 0 atom stereocenters. The van der Waals surface area contributed by atoms with Crippen LogP contribution >= 0.6 is 0 Å². The van der Waals surface area contributed by atoms with E-state index in [0.717, 1.165) is 13.1 Å². The van der Waals surface area contributed by atoms with Crippen LogP contribution in [0.15, 0.2) is 0 Å². The van der Waals surface area contributed by atoms with Crippen LogP contribution in [0.5, 0.6) is 0 Å². The third-order valence-corrected chi connectivity index (χ3v) is 3.46. The number of hydrogen-bond donors (Lipinski definition) is 1. The number of nitrogens with zero attached hydrogens (tertiary/aromatic N) is 2. The molecule has 1 heterocycles. The Kier molecular flexibility index (Phi) is 5.75. The summed E-state index contributed by atoms with van der Waals surface area (Å²) in [7, 11) is 1.63. The molecule has 1 aliphatic rings. The van der Waals surface area contributed by atoms with Crippen LogP contribution in [0, 0.1) is 0 Å². The van der Waals surface area contributed by atoms with Crippen LogP contribution in [-0.4, -0.2) is 73.6 Å². The van der Waals surface area contributed by atoms with E-state index in [9.17, 15) is 9.59 Å². The van der Waals surface area contributed by atoms with Gasteiger partial charge in [0.25, 0.3) is 0 Å². The molecule has 110 valence electrons. The minimum Gasteiger partial charge on any atom is -0.363 e. The summed E-state index contributed by atoms with van der Waals surface area (Å²) in [6.07, 6.45) is 0. The molecule has 0 aliphatic carbocycles. The van der Waals surface area contributed by atoms with E-state index in [2.05, 4.69) is 5.32 Å². The van der Waals surface area contributed by atoms with Crippen molar-refractivity contribution in [2.75, 3.05) is 46.4 Å². The summed E-state index contributed by atoms with van der Waals surface area (Å²) in [6.45, 7) is 8.82. The van der Waals surface area contributed by atoms with Crippen LogP contribution in [0.25, 0.3) is 0 Å². The Morgan fingerprint density at radius 2 is 1.79 bits per heavy atom. The van der Waals surface area contributed by atoms with Crippen molar-refractivity contribution in [3.63, 3.8) is 0 Å². The third-order valence-electron chi connectivity index (χ3n) is 3.46. The first-order valence-corrected chi connectivity index (χ1v) is 6.78. The van der Waals surface area contributed by atoms with E-state index in [-0.39, 0.29) is 30.6 Å². The molecular formula is C13H25N3O3. The Balaban J connectivity index is 2.33. The van der Waals surface area contributed by atoms with E-state index < -0.39 is 0 Å². The first-order chi connectivity index (χ1) is 8.91. The summed E-state index contributed by atoms with van der Waals surface area (Å²) < 4.78 is 5.56. The number of carbonyl (C=O) groups excluding carboxylic acids is 2. The van der Waals surface area contributed by atoms with Crippen LogP contribution in [-0.2, 0) is 14.3 Å². The zero-order chi connectivity index (χ0) is 14.5. The fraction of sp³-hybridized carbons (Fsp3) is 0.846. The number of hydrogen-bond acceptors (Lipinski definition) is 4. The molecule has 0 spiro atoms. The Morgan fingerprint density at radius 3 is 2.21 bits per heavy atom. The van der Waals surface area contributed by atoms with Crippen LogP contribution in [0.4, 0.5) is 0 Å². The maximum absolute atomic E-state index is 11.9. The molecule has 1 fully saturated rings. The maximum Gasteiger partial charge on any atom is 0.248 e. The molecule has 1 aliphatic heterocycles. The molecule has 0 aromatic carbocycles. The van der Waals surface area contributed by atoms with Crippen molar-refractivity contribution in [1.29, 1.82) is 0 Å². The molecule has 0 saturated carbocycles. The summed E-state index contributed by atoms with van der Waals surface area (Å²) in [5.41, 5.74) is -0.237. The van der Waals surface area contributed by atoms with Crippen molar-refractivity contribution in [3.05, 3.63) is 0 Å². The van der Waals surface area contributed by atoms with Gasteiger partial charge >= 0.3 is 0 Å². The predicted molar refractivity (Wildman–Crippen MR) is 72.8 cm³/mol. The van der Waals surface area contributed by atoms with E-state index in [1.165, 1.54) is 4.90 Å². The standard InChI is InChI=1S/C13H25N3O3/c1-5-16(6-2)11(17)7-15(4)12(18)8-19-13(3)9-14-10-13/h14H,5-10H2,1-4H3. The van der Waals surface area contributed by atoms with Gasteiger partial charge in [-0.1, -0.05) is 0 Å². The van der Waals surface area contributed by atoms with E-state index in [1.807, 2.05) is 20.8 Å². The number of amides is 2. The van der Waals surface area contributed by atoms with Crippen LogP contribution in [0.1, 0.15) is 20.8 Å². The average Bonchev–Trinajstić information content (AvgIpc) is 2.34. The number of likely N-dealkylation sites (N-methyl/N-ethyl adjacent to an activating group) is 2. The summed E-state index contributed by atoms with van der Waals surface area (Å²) in [5, 5.41) is 3.11. The fourth-order valence-electron chi connectivity index (χ4n) is 1.89. The van der Waals surface area contributed by atoms with E-state index >= 15 is 0 Å². The van der Waals surface area contributed by atoms with Gasteiger partial charge in [0, 0.05) is 33.2 Å². The van der Waals surface area contributed by atoms with Gasteiger partial charge in [0.15, 0.2) is 0 Å². The smallest absolute Gasteiger partial charge is 0.248 e. The average molecular weight is 271 g/mol. The zero-order valence-corrected chi connectivity index (χ0v) is 12.4. The highest BCUT2D eigenvalue weighted by molar-refractivity contribution is 5.85. The van der Waals surface area contributed by atoms with Crippen molar-refractivity contribution in [3.8, 4) is 0 Å². The van der Waals surface area contributed by atoms with Gasteiger partial charge in [-0.15, -0.1) is 0 Å². The maximum atomic E-state index is 11.9. The van der Waals surface area contributed by atoms with E-state index in [4.69, 9.17) is 4.74 Å². The molecule has 0 bridgehead atoms. The molecule has 6 heteroatoms. The molecule has 0 unspecified atom stereocenters. The van der Waals surface area contributed by atoms with Gasteiger partial charge in [-0.2, -0.15) is 0 Å². The lowest BCUT2D eigenvalue weighted by Crippen LogP contribution is -2.59. The second kappa shape index (κ2) is 6.86. The normalized spacial score (nSPS) is 16.6. The number of rotatable bonds is 7.